The summed E-state index contributed by atoms with van der Waals surface area (Å²) in [6, 6.07) is 13.7. The molecule has 4 aromatic rings. The Kier molecular flexibility index (Phi) is 7.27. The van der Waals surface area contributed by atoms with Crippen LogP contribution >= 0.6 is 34.7 Å². The number of anilines is 1. The summed E-state index contributed by atoms with van der Waals surface area (Å²) in [5.74, 6) is 0.709. The molecule has 33 heavy (non-hydrogen) atoms. The fourth-order valence-electron chi connectivity index (χ4n) is 3.18. The number of halogens is 1. The lowest BCUT2D eigenvalue weighted by Crippen LogP contribution is -2.14. The number of hydrogen-bond acceptors (Lipinski definition) is 6. The maximum Gasteiger partial charge on any atom is 0.236 e. The van der Waals surface area contributed by atoms with E-state index >= 15 is 0 Å². The van der Waals surface area contributed by atoms with Crippen LogP contribution in [0.15, 0.2) is 65.7 Å². The Bertz CT molecular complexity index is 1310. The van der Waals surface area contributed by atoms with Gasteiger partial charge < -0.3 is 5.32 Å². The number of allylic oxidation sites excluding steroid dienone is 1. The second-order valence-corrected chi connectivity index (χ2v) is 9.63. The Labute approximate surface area is 205 Å². The first-order valence-corrected chi connectivity index (χ1v) is 12.4. The Balaban J connectivity index is 1.42. The van der Waals surface area contributed by atoms with Crippen LogP contribution in [0.5, 0.6) is 0 Å². The van der Waals surface area contributed by atoms with E-state index in [2.05, 4.69) is 53.1 Å². The van der Waals surface area contributed by atoms with Crippen molar-refractivity contribution in [2.24, 2.45) is 0 Å². The molecule has 0 aliphatic carbocycles. The van der Waals surface area contributed by atoms with E-state index in [0.717, 1.165) is 16.8 Å². The van der Waals surface area contributed by atoms with Crippen LogP contribution in [0.2, 0.25) is 5.02 Å². The number of aryl methyl sites for hydroxylation is 2. The van der Waals surface area contributed by atoms with Gasteiger partial charge in [-0.1, -0.05) is 53.7 Å². The molecule has 0 aliphatic rings. The molecule has 0 spiro atoms. The first-order chi connectivity index (χ1) is 15.9. The zero-order valence-corrected chi connectivity index (χ0v) is 20.6. The SMILES string of the molecule is C=CCn1c(SCC(=O)Nc2nc(-c3ccc(C)c(C)c3)cs2)nnc1-c1cccc(Cl)c1. The van der Waals surface area contributed by atoms with Gasteiger partial charge in [0.15, 0.2) is 16.1 Å². The van der Waals surface area contributed by atoms with Crippen molar-refractivity contribution in [1.29, 1.82) is 0 Å². The van der Waals surface area contributed by atoms with Gasteiger partial charge in [0.25, 0.3) is 0 Å². The van der Waals surface area contributed by atoms with Crippen molar-refractivity contribution in [3.05, 3.63) is 76.6 Å². The van der Waals surface area contributed by atoms with Crippen LogP contribution in [-0.2, 0) is 11.3 Å². The van der Waals surface area contributed by atoms with E-state index in [1.165, 1.54) is 34.2 Å². The predicted octanol–water partition coefficient (Wildman–Crippen LogP) is 6.26. The third kappa shape index (κ3) is 5.52. The van der Waals surface area contributed by atoms with Crippen LogP contribution < -0.4 is 5.32 Å². The normalized spacial score (nSPS) is 10.9. The summed E-state index contributed by atoms with van der Waals surface area (Å²) < 4.78 is 1.91. The third-order valence-electron chi connectivity index (χ3n) is 5.00. The van der Waals surface area contributed by atoms with Crippen LogP contribution in [0, 0.1) is 13.8 Å². The van der Waals surface area contributed by atoms with E-state index in [1.54, 1.807) is 6.08 Å². The van der Waals surface area contributed by atoms with Crippen LogP contribution in [0.25, 0.3) is 22.6 Å². The molecule has 0 fully saturated rings. The maximum atomic E-state index is 12.6. The monoisotopic (exact) mass is 495 g/mol. The summed E-state index contributed by atoms with van der Waals surface area (Å²) in [5, 5.41) is 15.2. The molecule has 168 valence electrons. The van der Waals surface area contributed by atoms with E-state index in [-0.39, 0.29) is 11.7 Å². The van der Waals surface area contributed by atoms with Gasteiger partial charge in [0, 0.05) is 28.1 Å². The molecule has 0 bridgehead atoms. The predicted molar refractivity (Wildman–Crippen MR) is 137 cm³/mol. The van der Waals surface area contributed by atoms with Gasteiger partial charge >= 0.3 is 0 Å². The lowest BCUT2D eigenvalue weighted by molar-refractivity contribution is -0.113. The van der Waals surface area contributed by atoms with Crippen molar-refractivity contribution in [3.63, 3.8) is 0 Å². The third-order valence-corrected chi connectivity index (χ3v) is 6.96. The number of thiazole rings is 1. The highest BCUT2D eigenvalue weighted by atomic mass is 35.5. The van der Waals surface area contributed by atoms with Gasteiger partial charge in [0.1, 0.15) is 0 Å². The number of rotatable bonds is 8. The molecule has 9 heteroatoms. The number of nitrogens with one attached hydrogen (secondary N) is 1. The van der Waals surface area contributed by atoms with Crippen molar-refractivity contribution >= 4 is 45.7 Å². The molecule has 6 nitrogen and oxygen atoms in total. The number of amides is 1. The first kappa shape index (κ1) is 23.2. The first-order valence-electron chi connectivity index (χ1n) is 10.2. The quantitative estimate of drug-likeness (QED) is 0.231. The Morgan fingerprint density at radius 2 is 2.03 bits per heavy atom. The Morgan fingerprint density at radius 3 is 2.79 bits per heavy atom. The molecule has 4 rings (SSSR count). The fourth-order valence-corrected chi connectivity index (χ4v) is 4.85. The molecule has 0 unspecified atom stereocenters. The van der Waals surface area contributed by atoms with Crippen molar-refractivity contribution in [3.8, 4) is 22.6 Å². The number of aromatic nitrogens is 4. The van der Waals surface area contributed by atoms with Crippen molar-refractivity contribution < 1.29 is 4.79 Å². The van der Waals surface area contributed by atoms with E-state index < -0.39 is 0 Å². The molecule has 0 atom stereocenters. The lowest BCUT2D eigenvalue weighted by Gasteiger charge is -2.08. The van der Waals surface area contributed by atoms with Gasteiger partial charge in [-0.25, -0.2) is 4.98 Å². The average Bonchev–Trinajstić information content (AvgIpc) is 3.42. The molecule has 0 saturated carbocycles. The largest absolute Gasteiger partial charge is 0.301 e. The Morgan fingerprint density at radius 1 is 1.18 bits per heavy atom. The number of carbonyl (C=O) groups is 1. The van der Waals surface area contributed by atoms with Crippen molar-refractivity contribution in [2.75, 3.05) is 11.1 Å². The fraction of sp³-hybridized carbons (Fsp3) is 0.167. The number of hydrogen-bond donors (Lipinski definition) is 1. The number of carbonyl (C=O) groups excluding carboxylic acids is 1. The smallest absolute Gasteiger partial charge is 0.236 e. The molecule has 1 amide bonds. The zero-order chi connectivity index (χ0) is 23.4. The summed E-state index contributed by atoms with van der Waals surface area (Å²) in [6.07, 6.45) is 1.77. The summed E-state index contributed by atoms with van der Waals surface area (Å²) in [7, 11) is 0. The minimum absolute atomic E-state index is 0.154. The van der Waals surface area contributed by atoms with E-state index in [1.807, 2.05) is 40.3 Å². The van der Waals surface area contributed by atoms with Gasteiger partial charge in [-0.15, -0.1) is 28.1 Å². The van der Waals surface area contributed by atoms with Gasteiger partial charge in [-0.2, -0.15) is 0 Å². The van der Waals surface area contributed by atoms with Gasteiger partial charge in [-0.3, -0.25) is 9.36 Å². The Hall–Kier alpha value is -2.94. The summed E-state index contributed by atoms with van der Waals surface area (Å²) in [4.78, 5) is 17.1. The maximum absolute atomic E-state index is 12.6. The molecular weight excluding hydrogens is 474 g/mol. The molecule has 0 saturated heterocycles. The van der Waals surface area contributed by atoms with Crippen molar-refractivity contribution in [2.45, 2.75) is 25.5 Å². The van der Waals surface area contributed by atoms with Crippen LogP contribution in [-0.4, -0.2) is 31.4 Å². The summed E-state index contributed by atoms with van der Waals surface area (Å²) in [5.41, 5.74) is 5.19. The number of nitrogens with zero attached hydrogens (tertiary/aromatic N) is 4. The standard InChI is InChI=1S/C24H22ClN5OS2/c1-4-10-30-22(18-6-5-7-19(25)12-18)28-29-24(30)33-14-21(31)27-23-26-20(13-32-23)17-9-8-15(2)16(3)11-17/h4-9,11-13H,1,10,14H2,2-3H3,(H,26,27,31). The summed E-state index contributed by atoms with van der Waals surface area (Å²) in [6.45, 7) is 8.50. The highest BCUT2D eigenvalue weighted by molar-refractivity contribution is 7.99. The van der Waals surface area contributed by atoms with Crippen LogP contribution in [0.1, 0.15) is 11.1 Å². The van der Waals surface area contributed by atoms with E-state index in [9.17, 15) is 4.79 Å². The molecule has 2 aromatic carbocycles. The van der Waals surface area contributed by atoms with Gasteiger partial charge in [-0.05, 0) is 43.2 Å². The molecule has 1 N–H and O–H groups in total. The molecular formula is C24H22ClN5OS2. The molecule has 2 aromatic heterocycles. The average molecular weight is 496 g/mol. The lowest BCUT2D eigenvalue weighted by atomic mass is 10.1. The minimum Gasteiger partial charge on any atom is -0.301 e. The van der Waals surface area contributed by atoms with Crippen molar-refractivity contribution in [1.82, 2.24) is 19.7 Å². The van der Waals surface area contributed by atoms with Crippen LogP contribution in [0.4, 0.5) is 5.13 Å². The van der Waals surface area contributed by atoms with Gasteiger partial charge in [0.2, 0.25) is 5.91 Å². The molecule has 0 aliphatic heterocycles. The molecule has 0 radical (unpaired) electrons. The van der Waals surface area contributed by atoms with Crippen LogP contribution in [0.3, 0.4) is 0 Å². The van der Waals surface area contributed by atoms with E-state index in [4.69, 9.17) is 11.6 Å². The second-order valence-electron chi connectivity index (χ2n) is 7.39. The topological polar surface area (TPSA) is 72.7 Å². The van der Waals surface area contributed by atoms with E-state index in [0.29, 0.717) is 27.7 Å². The number of benzene rings is 2. The minimum atomic E-state index is -0.154. The zero-order valence-electron chi connectivity index (χ0n) is 18.2. The highest BCUT2D eigenvalue weighted by Gasteiger charge is 2.16. The number of thioether (sulfide) groups is 1. The highest BCUT2D eigenvalue weighted by Crippen LogP contribution is 2.28. The van der Waals surface area contributed by atoms with Gasteiger partial charge in [0.05, 0.1) is 11.4 Å². The molecule has 2 heterocycles. The second kappa shape index (κ2) is 10.3. The summed E-state index contributed by atoms with van der Waals surface area (Å²) >= 11 is 8.85.